The zero-order valence-corrected chi connectivity index (χ0v) is 13.6. The van der Waals surface area contributed by atoms with Gasteiger partial charge in [-0.2, -0.15) is 0 Å². The van der Waals surface area contributed by atoms with Crippen molar-refractivity contribution in [1.29, 1.82) is 0 Å². The SMILES string of the molecule is CCCc1c[nH]c(C2CCN(C(=O)OC(C)(C)C)CC2)n1. The Labute approximate surface area is 127 Å². The molecule has 2 heterocycles. The van der Waals surface area contributed by atoms with Gasteiger partial charge in [-0.05, 0) is 40.0 Å². The second-order valence-electron chi connectivity index (χ2n) is 6.77. The van der Waals surface area contributed by atoms with Gasteiger partial charge in [0.1, 0.15) is 11.4 Å². The first kappa shape index (κ1) is 15.9. The fourth-order valence-electron chi connectivity index (χ4n) is 2.63. The van der Waals surface area contributed by atoms with E-state index in [0.29, 0.717) is 5.92 Å². The Balaban J connectivity index is 1.86. The van der Waals surface area contributed by atoms with Gasteiger partial charge in [0.2, 0.25) is 0 Å². The number of aromatic amines is 1. The van der Waals surface area contributed by atoms with E-state index in [1.54, 1.807) is 4.90 Å². The number of imidazole rings is 1. The molecule has 1 fully saturated rings. The van der Waals surface area contributed by atoms with Gasteiger partial charge in [-0.3, -0.25) is 0 Å². The van der Waals surface area contributed by atoms with Crippen LogP contribution in [0.1, 0.15) is 64.4 Å². The highest BCUT2D eigenvalue weighted by molar-refractivity contribution is 5.68. The van der Waals surface area contributed by atoms with Crippen molar-refractivity contribution >= 4 is 6.09 Å². The summed E-state index contributed by atoms with van der Waals surface area (Å²) < 4.78 is 5.42. The van der Waals surface area contributed by atoms with E-state index in [-0.39, 0.29) is 6.09 Å². The molecule has 1 aromatic heterocycles. The number of amides is 1. The highest BCUT2D eigenvalue weighted by atomic mass is 16.6. The molecule has 1 saturated heterocycles. The number of carbonyl (C=O) groups excluding carboxylic acids is 1. The highest BCUT2D eigenvalue weighted by Crippen LogP contribution is 2.27. The molecule has 1 aromatic rings. The predicted molar refractivity (Wildman–Crippen MR) is 82.4 cm³/mol. The first-order chi connectivity index (χ1) is 9.89. The van der Waals surface area contributed by atoms with E-state index in [1.165, 1.54) is 0 Å². The van der Waals surface area contributed by atoms with Crippen LogP contribution in [0, 0.1) is 0 Å². The van der Waals surface area contributed by atoms with Crippen molar-refractivity contribution in [3.63, 3.8) is 0 Å². The zero-order valence-electron chi connectivity index (χ0n) is 13.6. The Kier molecular flexibility index (Phi) is 4.91. The van der Waals surface area contributed by atoms with Crippen molar-refractivity contribution in [2.24, 2.45) is 0 Å². The van der Waals surface area contributed by atoms with Gasteiger partial charge in [-0.15, -0.1) is 0 Å². The maximum absolute atomic E-state index is 12.0. The molecule has 118 valence electrons. The Morgan fingerprint density at radius 2 is 2.10 bits per heavy atom. The summed E-state index contributed by atoms with van der Waals surface area (Å²) in [6.45, 7) is 9.34. The lowest BCUT2D eigenvalue weighted by atomic mass is 9.96. The second kappa shape index (κ2) is 6.50. The van der Waals surface area contributed by atoms with Crippen molar-refractivity contribution in [1.82, 2.24) is 14.9 Å². The molecule has 1 aliphatic rings. The second-order valence-corrected chi connectivity index (χ2v) is 6.77. The first-order valence-electron chi connectivity index (χ1n) is 7.91. The number of hydrogen-bond acceptors (Lipinski definition) is 3. The number of aromatic nitrogens is 2. The van der Waals surface area contributed by atoms with Crippen LogP contribution in [0.4, 0.5) is 4.79 Å². The smallest absolute Gasteiger partial charge is 0.410 e. The molecular weight excluding hydrogens is 266 g/mol. The molecule has 0 saturated carbocycles. The number of carbonyl (C=O) groups is 1. The third-order valence-corrected chi connectivity index (χ3v) is 3.69. The third kappa shape index (κ3) is 4.48. The fourth-order valence-corrected chi connectivity index (χ4v) is 2.63. The van der Waals surface area contributed by atoms with Gasteiger partial charge < -0.3 is 14.6 Å². The molecule has 1 amide bonds. The number of hydrogen-bond donors (Lipinski definition) is 1. The zero-order chi connectivity index (χ0) is 15.5. The minimum atomic E-state index is -0.427. The van der Waals surface area contributed by atoms with Crippen LogP contribution in [0.5, 0.6) is 0 Å². The number of nitrogens with one attached hydrogen (secondary N) is 1. The summed E-state index contributed by atoms with van der Waals surface area (Å²) in [5, 5.41) is 0. The minimum Gasteiger partial charge on any atom is -0.444 e. The summed E-state index contributed by atoms with van der Waals surface area (Å²) in [5.41, 5.74) is 0.714. The fraction of sp³-hybridized carbons (Fsp3) is 0.750. The lowest BCUT2D eigenvalue weighted by Crippen LogP contribution is -2.41. The minimum absolute atomic E-state index is 0.202. The number of rotatable bonds is 3. The number of ether oxygens (including phenoxy) is 1. The highest BCUT2D eigenvalue weighted by Gasteiger charge is 2.28. The van der Waals surface area contributed by atoms with E-state index in [0.717, 1.165) is 50.3 Å². The Hall–Kier alpha value is -1.52. The van der Waals surface area contributed by atoms with E-state index in [9.17, 15) is 4.79 Å². The molecule has 0 unspecified atom stereocenters. The van der Waals surface area contributed by atoms with E-state index in [2.05, 4.69) is 16.9 Å². The van der Waals surface area contributed by atoms with Crippen LogP contribution in [0.25, 0.3) is 0 Å². The van der Waals surface area contributed by atoms with E-state index in [1.807, 2.05) is 27.0 Å². The normalized spacial score (nSPS) is 17.0. The molecule has 21 heavy (non-hydrogen) atoms. The number of aryl methyl sites for hydroxylation is 1. The van der Waals surface area contributed by atoms with Crippen LogP contribution in [-0.4, -0.2) is 39.7 Å². The van der Waals surface area contributed by atoms with Crippen LogP contribution < -0.4 is 0 Å². The average Bonchev–Trinajstić information content (AvgIpc) is 2.86. The van der Waals surface area contributed by atoms with Crippen molar-refractivity contribution in [2.45, 2.75) is 64.9 Å². The first-order valence-corrected chi connectivity index (χ1v) is 7.91. The standard InChI is InChI=1S/C16H27N3O2/c1-5-6-13-11-17-14(18-13)12-7-9-19(10-8-12)15(20)21-16(2,3)4/h11-12H,5-10H2,1-4H3,(H,17,18). The quantitative estimate of drug-likeness (QED) is 0.928. The lowest BCUT2D eigenvalue weighted by molar-refractivity contribution is 0.0203. The summed E-state index contributed by atoms with van der Waals surface area (Å²) in [5.74, 6) is 1.50. The van der Waals surface area contributed by atoms with Crippen LogP contribution in [-0.2, 0) is 11.2 Å². The molecule has 0 bridgehead atoms. The van der Waals surface area contributed by atoms with Gasteiger partial charge in [0.25, 0.3) is 0 Å². The molecule has 0 atom stereocenters. The average molecular weight is 293 g/mol. The molecule has 5 heteroatoms. The number of likely N-dealkylation sites (tertiary alicyclic amines) is 1. The Morgan fingerprint density at radius 3 is 2.67 bits per heavy atom. The van der Waals surface area contributed by atoms with Gasteiger partial charge in [0.15, 0.2) is 0 Å². The topological polar surface area (TPSA) is 58.2 Å². The third-order valence-electron chi connectivity index (χ3n) is 3.69. The lowest BCUT2D eigenvalue weighted by Gasteiger charge is -2.32. The molecule has 0 spiro atoms. The number of H-pyrrole nitrogens is 1. The van der Waals surface area contributed by atoms with Crippen LogP contribution in [0.3, 0.4) is 0 Å². The molecule has 1 aliphatic heterocycles. The van der Waals surface area contributed by atoms with Crippen molar-refractivity contribution < 1.29 is 9.53 Å². The van der Waals surface area contributed by atoms with Gasteiger partial charge in [-0.25, -0.2) is 9.78 Å². The van der Waals surface area contributed by atoms with Crippen molar-refractivity contribution in [3.8, 4) is 0 Å². The maximum atomic E-state index is 12.0. The van der Waals surface area contributed by atoms with Gasteiger partial charge in [0.05, 0.1) is 5.69 Å². The Bertz CT molecular complexity index is 468. The van der Waals surface area contributed by atoms with Crippen LogP contribution in [0.15, 0.2) is 6.20 Å². The molecule has 0 aliphatic carbocycles. The summed E-state index contributed by atoms with van der Waals surface area (Å²) >= 11 is 0. The van der Waals surface area contributed by atoms with Gasteiger partial charge in [0, 0.05) is 25.2 Å². The van der Waals surface area contributed by atoms with Crippen LogP contribution in [0.2, 0.25) is 0 Å². The van der Waals surface area contributed by atoms with Crippen molar-refractivity contribution in [3.05, 3.63) is 17.7 Å². The Morgan fingerprint density at radius 1 is 1.43 bits per heavy atom. The summed E-state index contributed by atoms with van der Waals surface area (Å²) in [7, 11) is 0. The summed E-state index contributed by atoms with van der Waals surface area (Å²) in [4.78, 5) is 21.8. The largest absolute Gasteiger partial charge is 0.444 e. The summed E-state index contributed by atoms with van der Waals surface area (Å²) in [6.07, 6.45) is 5.83. The molecule has 0 aromatic carbocycles. The van der Waals surface area contributed by atoms with Gasteiger partial charge in [-0.1, -0.05) is 13.3 Å². The predicted octanol–water partition coefficient (Wildman–Crippen LogP) is 3.48. The molecule has 1 N–H and O–H groups in total. The van der Waals surface area contributed by atoms with E-state index in [4.69, 9.17) is 4.74 Å². The molecule has 2 rings (SSSR count). The maximum Gasteiger partial charge on any atom is 0.410 e. The molecule has 5 nitrogen and oxygen atoms in total. The van der Waals surface area contributed by atoms with Gasteiger partial charge >= 0.3 is 6.09 Å². The molecular formula is C16H27N3O2. The number of nitrogens with zero attached hydrogens (tertiary/aromatic N) is 2. The number of piperidine rings is 1. The summed E-state index contributed by atoms with van der Waals surface area (Å²) in [6, 6.07) is 0. The van der Waals surface area contributed by atoms with Crippen LogP contribution >= 0.6 is 0 Å². The van der Waals surface area contributed by atoms with E-state index < -0.39 is 5.60 Å². The molecule has 0 radical (unpaired) electrons. The van der Waals surface area contributed by atoms with E-state index >= 15 is 0 Å². The monoisotopic (exact) mass is 293 g/mol. The van der Waals surface area contributed by atoms with Crippen molar-refractivity contribution in [2.75, 3.05) is 13.1 Å².